The van der Waals surface area contributed by atoms with Gasteiger partial charge in [-0.3, -0.25) is 0 Å². The van der Waals surface area contributed by atoms with Gasteiger partial charge in [-0.1, -0.05) is 87.0 Å². The lowest BCUT2D eigenvalue weighted by Gasteiger charge is -2.15. The van der Waals surface area contributed by atoms with Crippen molar-refractivity contribution in [2.45, 2.75) is 13.8 Å². The van der Waals surface area contributed by atoms with Crippen LogP contribution in [0.25, 0.3) is 11.1 Å². The molecule has 0 amide bonds. The monoisotopic (exact) mass is 288 g/mol. The van der Waals surface area contributed by atoms with Crippen LogP contribution >= 0.6 is 0 Å². The van der Waals surface area contributed by atoms with Crippen LogP contribution in [0.15, 0.2) is 98.2 Å². The van der Waals surface area contributed by atoms with Crippen molar-refractivity contribution in [2.75, 3.05) is 0 Å². The number of hydrogen-bond acceptors (Lipinski definition) is 0. The third kappa shape index (κ3) is 4.46. The van der Waals surface area contributed by atoms with Gasteiger partial charge in [-0.2, -0.15) is 0 Å². The van der Waals surface area contributed by atoms with E-state index >= 15 is 0 Å². The van der Waals surface area contributed by atoms with E-state index in [2.05, 4.69) is 51.4 Å². The first-order valence-corrected chi connectivity index (χ1v) is 7.28. The predicted molar refractivity (Wildman–Crippen MR) is 102 cm³/mol. The average Bonchev–Trinajstić information content (AvgIpc) is 2.56. The molecule has 112 valence electrons. The Morgan fingerprint density at radius 2 is 1.55 bits per heavy atom. The molecule has 0 fully saturated rings. The Labute approximate surface area is 134 Å². The molecule has 0 heteroatoms. The molecule has 22 heavy (non-hydrogen) atoms. The summed E-state index contributed by atoms with van der Waals surface area (Å²) in [6, 6.07) is 8.15. The lowest BCUT2D eigenvalue weighted by atomic mass is 9.89. The van der Waals surface area contributed by atoms with Crippen LogP contribution in [-0.2, 0) is 0 Å². The third-order valence-corrected chi connectivity index (χ3v) is 3.41. The molecule has 0 N–H and O–H groups in total. The normalized spacial score (nSPS) is 11.8. The summed E-state index contributed by atoms with van der Waals surface area (Å²) in [5, 5.41) is 0. The highest BCUT2D eigenvalue weighted by Gasteiger charge is 2.10. The summed E-state index contributed by atoms with van der Waals surface area (Å²) in [6.45, 7) is 20.2. The highest BCUT2D eigenvalue weighted by atomic mass is 14.1. The lowest BCUT2D eigenvalue weighted by Crippen LogP contribution is -1.94. The van der Waals surface area contributed by atoms with Gasteiger partial charge in [0, 0.05) is 0 Å². The first kappa shape index (κ1) is 17.5. The summed E-state index contributed by atoms with van der Waals surface area (Å²) < 4.78 is 0. The van der Waals surface area contributed by atoms with Crippen LogP contribution in [0.3, 0.4) is 0 Å². The zero-order chi connectivity index (χ0) is 16.5. The molecule has 0 nitrogen and oxygen atoms in total. The van der Waals surface area contributed by atoms with E-state index in [9.17, 15) is 0 Å². The number of rotatable bonds is 7. The summed E-state index contributed by atoms with van der Waals surface area (Å²) >= 11 is 0. The van der Waals surface area contributed by atoms with Crippen LogP contribution in [0.5, 0.6) is 0 Å². The smallest absolute Gasteiger partial charge is 0.0106 e. The molecule has 0 spiro atoms. The van der Waals surface area contributed by atoms with Gasteiger partial charge >= 0.3 is 0 Å². The Morgan fingerprint density at radius 3 is 2.09 bits per heavy atom. The largest absolute Gasteiger partial charge is 0.0991 e. The zero-order valence-electron chi connectivity index (χ0n) is 13.6. The minimum atomic E-state index is 0.871. The molecular formula is C22H24. The molecule has 0 bridgehead atoms. The van der Waals surface area contributed by atoms with Gasteiger partial charge in [0.15, 0.2) is 0 Å². The molecule has 0 atom stereocenters. The molecule has 0 unspecified atom stereocenters. The Hall–Kier alpha value is -2.60. The maximum Gasteiger partial charge on any atom is -0.0106 e. The van der Waals surface area contributed by atoms with E-state index in [4.69, 9.17) is 0 Å². The molecule has 0 saturated heterocycles. The van der Waals surface area contributed by atoms with Crippen LogP contribution in [-0.4, -0.2) is 0 Å². The van der Waals surface area contributed by atoms with Crippen molar-refractivity contribution in [1.82, 2.24) is 0 Å². The average molecular weight is 288 g/mol. The van der Waals surface area contributed by atoms with Gasteiger partial charge in [0.2, 0.25) is 0 Å². The molecule has 0 aromatic heterocycles. The minimum absolute atomic E-state index is 0.871. The van der Waals surface area contributed by atoms with Crippen molar-refractivity contribution in [2.24, 2.45) is 0 Å². The highest BCUT2D eigenvalue weighted by Crippen LogP contribution is 2.31. The molecule has 0 aliphatic rings. The minimum Gasteiger partial charge on any atom is -0.0991 e. The van der Waals surface area contributed by atoms with Gasteiger partial charge in [-0.05, 0) is 47.3 Å². The molecule has 1 rings (SSSR count). The molecule has 0 aliphatic heterocycles. The summed E-state index contributed by atoms with van der Waals surface area (Å²) in [6.07, 6.45) is 11.6. The molecule has 0 radical (unpaired) electrons. The van der Waals surface area contributed by atoms with Gasteiger partial charge in [-0.25, -0.2) is 0 Å². The molecule has 1 aromatic carbocycles. The first-order chi connectivity index (χ1) is 10.5. The fourth-order valence-electron chi connectivity index (χ4n) is 2.02. The predicted octanol–water partition coefficient (Wildman–Crippen LogP) is 6.53. The third-order valence-electron chi connectivity index (χ3n) is 3.41. The summed E-state index contributed by atoms with van der Waals surface area (Å²) in [5.74, 6) is 0. The van der Waals surface area contributed by atoms with Crippen molar-refractivity contribution >= 4 is 11.1 Å². The van der Waals surface area contributed by atoms with Crippen molar-refractivity contribution in [3.63, 3.8) is 0 Å². The van der Waals surface area contributed by atoms with Crippen LogP contribution < -0.4 is 0 Å². The lowest BCUT2D eigenvalue weighted by molar-refractivity contribution is 1.47. The van der Waals surface area contributed by atoms with E-state index in [1.54, 1.807) is 6.08 Å². The van der Waals surface area contributed by atoms with Gasteiger partial charge < -0.3 is 0 Å². The van der Waals surface area contributed by atoms with Crippen molar-refractivity contribution < 1.29 is 0 Å². The quantitative estimate of drug-likeness (QED) is 0.500. The van der Waals surface area contributed by atoms with Crippen LogP contribution in [0.4, 0.5) is 0 Å². The molecule has 0 heterocycles. The van der Waals surface area contributed by atoms with E-state index in [0.29, 0.717) is 0 Å². The van der Waals surface area contributed by atoms with Crippen LogP contribution in [0.1, 0.15) is 25.0 Å². The fraction of sp³-hybridized carbons (Fsp3) is 0.0909. The fourth-order valence-corrected chi connectivity index (χ4v) is 2.02. The van der Waals surface area contributed by atoms with E-state index in [-0.39, 0.29) is 0 Å². The summed E-state index contributed by atoms with van der Waals surface area (Å²) in [5.41, 5.74) is 6.03. The van der Waals surface area contributed by atoms with Crippen molar-refractivity contribution in [3.8, 4) is 0 Å². The van der Waals surface area contributed by atoms with E-state index in [1.807, 2.05) is 43.4 Å². The number of allylic oxidation sites excluding steroid dienone is 10. The van der Waals surface area contributed by atoms with Crippen LogP contribution in [0, 0.1) is 0 Å². The van der Waals surface area contributed by atoms with E-state index in [1.165, 1.54) is 0 Å². The maximum absolute atomic E-state index is 4.24. The molecule has 1 aromatic rings. The summed E-state index contributed by atoms with van der Waals surface area (Å²) in [4.78, 5) is 0. The van der Waals surface area contributed by atoms with E-state index in [0.717, 1.165) is 33.4 Å². The Balaban J connectivity index is 3.22. The van der Waals surface area contributed by atoms with Gasteiger partial charge in [0.25, 0.3) is 0 Å². The Bertz CT molecular complexity index is 676. The second-order valence-electron chi connectivity index (χ2n) is 5.00. The molecule has 0 saturated carbocycles. The Kier molecular flexibility index (Phi) is 6.85. The SMILES string of the molecule is C=C/C=C\C(=C)C(=C)c1ccccc1C(=C)/C(C)=C/C=C\C. The van der Waals surface area contributed by atoms with Gasteiger partial charge in [0.1, 0.15) is 0 Å². The van der Waals surface area contributed by atoms with Crippen molar-refractivity contribution in [3.05, 3.63) is 109 Å². The first-order valence-electron chi connectivity index (χ1n) is 7.28. The van der Waals surface area contributed by atoms with Gasteiger partial charge in [0.05, 0.1) is 0 Å². The molecule has 0 aliphatic carbocycles. The van der Waals surface area contributed by atoms with Crippen molar-refractivity contribution in [1.29, 1.82) is 0 Å². The van der Waals surface area contributed by atoms with Crippen LogP contribution in [0.2, 0.25) is 0 Å². The standard InChI is InChI=1S/C22H24/c1-7-9-13-17(3)19(5)21-15-11-12-16-22(21)20(6)18(4)14-10-8-2/h7-16H,1,3,5-6H2,2,4H3/b10-8-,13-9-,18-14+. The number of benzene rings is 1. The Morgan fingerprint density at radius 1 is 0.955 bits per heavy atom. The number of hydrogen-bond donors (Lipinski definition) is 0. The summed E-state index contributed by atoms with van der Waals surface area (Å²) in [7, 11) is 0. The van der Waals surface area contributed by atoms with E-state index < -0.39 is 0 Å². The topological polar surface area (TPSA) is 0 Å². The van der Waals surface area contributed by atoms with Gasteiger partial charge in [-0.15, -0.1) is 0 Å². The highest BCUT2D eigenvalue weighted by molar-refractivity contribution is 5.90. The maximum atomic E-state index is 4.24. The zero-order valence-corrected chi connectivity index (χ0v) is 13.6. The molecular weight excluding hydrogens is 264 g/mol. The second kappa shape index (κ2) is 8.63. The second-order valence-corrected chi connectivity index (χ2v) is 5.00.